The van der Waals surface area contributed by atoms with Gasteiger partial charge in [-0.2, -0.15) is 0 Å². The van der Waals surface area contributed by atoms with Crippen molar-refractivity contribution in [2.45, 2.75) is 31.8 Å². The van der Waals surface area contributed by atoms with Crippen LogP contribution in [0.2, 0.25) is 0 Å². The third kappa shape index (κ3) is 5.71. The van der Waals surface area contributed by atoms with E-state index in [1.54, 1.807) is 13.2 Å². The minimum absolute atomic E-state index is 0.0409. The molecular formula is C19H27NO3. The maximum absolute atomic E-state index is 12.1. The number of carbonyl (C=O) groups is 1. The number of benzene rings is 1. The van der Waals surface area contributed by atoms with E-state index in [1.807, 2.05) is 24.3 Å². The first-order valence-corrected chi connectivity index (χ1v) is 8.26. The van der Waals surface area contributed by atoms with Gasteiger partial charge in [0.15, 0.2) is 0 Å². The Kier molecular flexibility index (Phi) is 6.66. The van der Waals surface area contributed by atoms with Gasteiger partial charge in [0.2, 0.25) is 0 Å². The van der Waals surface area contributed by atoms with Crippen molar-refractivity contribution in [1.82, 2.24) is 4.90 Å². The fourth-order valence-electron chi connectivity index (χ4n) is 3.07. The van der Waals surface area contributed by atoms with Crippen molar-refractivity contribution in [2.75, 3.05) is 27.7 Å². The summed E-state index contributed by atoms with van der Waals surface area (Å²) >= 11 is 0. The molecule has 4 heteroatoms. The van der Waals surface area contributed by atoms with Crippen molar-refractivity contribution in [3.63, 3.8) is 0 Å². The van der Waals surface area contributed by atoms with Gasteiger partial charge in [-0.25, -0.2) is 4.79 Å². The van der Waals surface area contributed by atoms with E-state index in [4.69, 9.17) is 9.47 Å². The zero-order chi connectivity index (χ0) is 16.7. The van der Waals surface area contributed by atoms with Gasteiger partial charge in [0, 0.05) is 18.5 Å². The zero-order valence-corrected chi connectivity index (χ0v) is 14.3. The summed E-state index contributed by atoms with van der Waals surface area (Å²) in [5.74, 6) is 0.993. The highest BCUT2D eigenvalue weighted by Crippen LogP contribution is 2.27. The van der Waals surface area contributed by atoms with Crippen LogP contribution in [-0.2, 0) is 9.53 Å². The Morgan fingerprint density at radius 3 is 2.57 bits per heavy atom. The summed E-state index contributed by atoms with van der Waals surface area (Å²) in [5.41, 5.74) is 0.955. The lowest BCUT2D eigenvalue weighted by Crippen LogP contribution is -2.36. The number of carbonyl (C=O) groups excluding carboxylic acids is 1. The van der Waals surface area contributed by atoms with Crippen molar-refractivity contribution in [3.8, 4) is 5.75 Å². The maximum Gasteiger partial charge on any atom is 0.331 e. The first kappa shape index (κ1) is 17.5. The summed E-state index contributed by atoms with van der Waals surface area (Å²) in [5, 5.41) is 0. The van der Waals surface area contributed by atoms with Crippen molar-refractivity contribution >= 4 is 12.0 Å². The third-order valence-corrected chi connectivity index (χ3v) is 4.23. The molecule has 0 N–H and O–H groups in total. The van der Waals surface area contributed by atoms with Crippen molar-refractivity contribution < 1.29 is 14.3 Å². The molecule has 1 aromatic rings. The quantitative estimate of drug-likeness (QED) is 0.595. The minimum Gasteiger partial charge on any atom is -0.497 e. The fourth-order valence-corrected chi connectivity index (χ4v) is 3.07. The third-order valence-electron chi connectivity index (χ3n) is 4.23. The number of esters is 1. The van der Waals surface area contributed by atoms with Crippen LogP contribution in [0, 0.1) is 5.92 Å². The van der Waals surface area contributed by atoms with E-state index in [-0.39, 0.29) is 12.1 Å². The molecule has 1 saturated carbocycles. The summed E-state index contributed by atoms with van der Waals surface area (Å²) < 4.78 is 10.8. The van der Waals surface area contributed by atoms with Crippen LogP contribution in [0.3, 0.4) is 0 Å². The molecule has 0 spiro atoms. The van der Waals surface area contributed by atoms with Gasteiger partial charge in [-0.05, 0) is 57.1 Å². The van der Waals surface area contributed by atoms with Gasteiger partial charge < -0.3 is 14.4 Å². The summed E-state index contributed by atoms with van der Waals surface area (Å²) in [6, 6.07) is 7.58. The molecule has 2 atom stereocenters. The average molecular weight is 317 g/mol. The largest absolute Gasteiger partial charge is 0.497 e. The van der Waals surface area contributed by atoms with E-state index in [0.29, 0.717) is 5.92 Å². The van der Waals surface area contributed by atoms with Crippen molar-refractivity contribution in [2.24, 2.45) is 5.92 Å². The average Bonchev–Trinajstić information content (AvgIpc) is 2.55. The second-order valence-electron chi connectivity index (χ2n) is 6.39. The van der Waals surface area contributed by atoms with E-state index in [2.05, 4.69) is 19.0 Å². The lowest BCUT2D eigenvalue weighted by atomic mass is 9.86. The molecule has 1 aliphatic carbocycles. The van der Waals surface area contributed by atoms with E-state index >= 15 is 0 Å². The van der Waals surface area contributed by atoms with Crippen molar-refractivity contribution in [3.05, 3.63) is 35.9 Å². The highest BCUT2D eigenvalue weighted by molar-refractivity contribution is 5.87. The molecule has 0 aliphatic heterocycles. The Morgan fingerprint density at radius 1 is 1.22 bits per heavy atom. The molecule has 126 valence electrons. The van der Waals surface area contributed by atoms with Crippen LogP contribution >= 0.6 is 0 Å². The van der Waals surface area contributed by atoms with Gasteiger partial charge in [-0.3, -0.25) is 0 Å². The number of hydrogen-bond donors (Lipinski definition) is 0. The highest BCUT2D eigenvalue weighted by Gasteiger charge is 2.28. The Balaban J connectivity index is 1.90. The first-order valence-electron chi connectivity index (χ1n) is 8.26. The van der Waals surface area contributed by atoms with Crippen LogP contribution in [0.1, 0.15) is 31.2 Å². The molecule has 0 amide bonds. The van der Waals surface area contributed by atoms with Gasteiger partial charge in [-0.15, -0.1) is 0 Å². The molecule has 2 rings (SSSR count). The van der Waals surface area contributed by atoms with Crippen LogP contribution in [0.4, 0.5) is 0 Å². The molecule has 1 aromatic carbocycles. The van der Waals surface area contributed by atoms with E-state index < -0.39 is 0 Å². The first-order chi connectivity index (χ1) is 11.1. The van der Waals surface area contributed by atoms with Gasteiger partial charge in [0.25, 0.3) is 0 Å². The van der Waals surface area contributed by atoms with Gasteiger partial charge in [0.05, 0.1) is 7.11 Å². The Labute approximate surface area is 139 Å². The minimum atomic E-state index is -0.253. The summed E-state index contributed by atoms with van der Waals surface area (Å²) in [6.07, 6.45) is 7.82. The van der Waals surface area contributed by atoms with E-state index in [0.717, 1.165) is 37.1 Å². The lowest BCUT2D eigenvalue weighted by molar-refractivity contribution is -0.147. The molecule has 4 nitrogen and oxygen atoms in total. The van der Waals surface area contributed by atoms with Gasteiger partial charge >= 0.3 is 5.97 Å². The number of rotatable bonds is 6. The second-order valence-corrected chi connectivity index (χ2v) is 6.39. The normalized spacial score (nSPS) is 21.6. The van der Waals surface area contributed by atoms with Crippen molar-refractivity contribution in [1.29, 1.82) is 0 Å². The van der Waals surface area contributed by atoms with Crippen LogP contribution < -0.4 is 4.74 Å². The summed E-state index contributed by atoms with van der Waals surface area (Å²) in [4.78, 5) is 14.3. The predicted molar refractivity (Wildman–Crippen MR) is 92.4 cm³/mol. The van der Waals surface area contributed by atoms with Crippen LogP contribution in [-0.4, -0.2) is 44.7 Å². The Bertz CT molecular complexity index is 522. The zero-order valence-electron chi connectivity index (χ0n) is 14.3. The number of nitrogens with zero attached hydrogens (tertiary/aromatic N) is 1. The summed E-state index contributed by atoms with van der Waals surface area (Å²) in [7, 11) is 5.77. The second kappa shape index (κ2) is 8.73. The molecule has 0 radical (unpaired) electrons. The summed E-state index contributed by atoms with van der Waals surface area (Å²) in [6.45, 7) is 0.972. The molecule has 0 bridgehead atoms. The number of hydrogen-bond acceptors (Lipinski definition) is 4. The van der Waals surface area contributed by atoms with Crippen LogP contribution in [0.5, 0.6) is 5.75 Å². The highest BCUT2D eigenvalue weighted by atomic mass is 16.5. The molecule has 0 saturated heterocycles. The topological polar surface area (TPSA) is 38.8 Å². The van der Waals surface area contributed by atoms with Crippen LogP contribution in [0.25, 0.3) is 6.08 Å². The monoisotopic (exact) mass is 317 g/mol. The smallest absolute Gasteiger partial charge is 0.331 e. The Morgan fingerprint density at radius 2 is 1.91 bits per heavy atom. The maximum atomic E-state index is 12.1. The lowest BCUT2D eigenvalue weighted by Gasteiger charge is -2.32. The van der Waals surface area contributed by atoms with E-state index in [9.17, 15) is 4.79 Å². The molecule has 0 heterocycles. The van der Waals surface area contributed by atoms with Gasteiger partial charge in [0.1, 0.15) is 11.9 Å². The van der Waals surface area contributed by atoms with Gasteiger partial charge in [-0.1, -0.05) is 18.6 Å². The molecule has 1 fully saturated rings. The number of ether oxygens (including phenoxy) is 2. The predicted octanol–water partition coefficient (Wildman–Crippen LogP) is 3.37. The Hall–Kier alpha value is -1.81. The van der Waals surface area contributed by atoms with Crippen LogP contribution in [0.15, 0.2) is 30.3 Å². The molecule has 0 aromatic heterocycles. The standard InChI is InChI=1S/C19H27NO3/c1-20(2)14-16-6-4-5-7-18(16)23-19(21)13-10-15-8-11-17(22-3)12-9-15/h8-13,16,18H,4-7,14H2,1-3H3/b13-10+/t16-,18-/m0/s1. The number of methoxy groups -OCH3 is 1. The molecule has 23 heavy (non-hydrogen) atoms. The fraction of sp³-hybridized carbons (Fsp3) is 0.526. The molecule has 0 unspecified atom stereocenters. The SMILES string of the molecule is COc1ccc(/C=C/C(=O)O[C@H]2CCCC[C@H]2CN(C)C)cc1. The molecule has 1 aliphatic rings. The van der Waals surface area contributed by atoms with E-state index in [1.165, 1.54) is 12.5 Å². The molecular weight excluding hydrogens is 290 g/mol.